The van der Waals surface area contributed by atoms with Crippen LogP contribution < -0.4 is 9.64 Å². The quantitative estimate of drug-likeness (QED) is 0.266. The number of quaternary nitrogens is 1. The first-order valence-electron chi connectivity index (χ1n) is 12.4. The average Bonchev–Trinajstić information content (AvgIpc) is 3.40. The van der Waals surface area contributed by atoms with Crippen molar-refractivity contribution < 1.29 is 23.1 Å². The fraction of sp³-hybridized carbons (Fsp3) is 0.393. The molecular weight excluding hydrogens is 463 g/mol. The lowest BCUT2D eigenvalue weighted by molar-refractivity contribution is -0.946. The molecule has 1 atom stereocenters. The monoisotopic (exact) mass is 495 g/mol. The molecule has 0 unspecified atom stereocenters. The maximum atomic E-state index is 14.0. The topological polar surface area (TPSA) is 38.8 Å². The van der Waals surface area contributed by atoms with E-state index < -0.39 is 6.09 Å². The van der Waals surface area contributed by atoms with Gasteiger partial charge in [-0.05, 0) is 41.8 Å². The summed E-state index contributed by atoms with van der Waals surface area (Å²) in [5.41, 5.74) is 0.520. The number of hydrogen-bond acceptors (Lipinski definition) is 4. The van der Waals surface area contributed by atoms with E-state index in [0.29, 0.717) is 24.8 Å². The molecular formula is C28H32FN2O3S+. The summed E-state index contributed by atoms with van der Waals surface area (Å²) in [4.78, 5) is 16.0. The summed E-state index contributed by atoms with van der Waals surface area (Å²) in [6, 6.07) is 20.0. The Balaban J connectivity index is 1.22. The molecule has 3 fully saturated rings. The molecule has 0 radical (unpaired) electrons. The van der Waals surface area contributed by atoms with Gasteiger partial charge in [0, 0.05) is 30.1 Å². The number of fused-ring (bicyclic) bond motifs is 3. The molecule has 0 aliphatic carbocycles. The molecule has 0 N–H and O–H groups in total. The van der Waals surface area contributed by atoms with Gasteiger partial charge >= 0.3 is 6.09 Å². The molecule has 3 aromatic rings. The van der Waals surface area contributed by atoms with Crippen LogP contribution in [0.4, 0.5) is 14.9 Å². The van der Waals surface area contributed by atoms with E-state index in [-0.39, 0.29) is 11.9 Å². The van der Waals surface area contributed by atoms with E-state index in [4.69, 9.17) is 9.47 Å². The Morgan fingerprint density at radius 1 is 1.06 bits per heavy atom. The first kappa shape index (κ1) is 23.8. The summed E-state index contributed by atoms with van der Waals surface area (Å²) < 4.78 is 27.0. The Kier molecular flexibility index (Phi) is 7.35. The number of ether oxygens (including phenoxy) is 2. The highest BCUT2D eigenvalue weighted by Crippen LogP contribution is 2.36. The van der Waals surface area contributed by atoms with Crippen molar-refractivity contribution in [1.29, 1.82) is 0 Å². The lowest BCUT2D eigenvalue weighted by Gasteiger charge is -2.52. The summed E-state index contributed by atoms with van der Waals surface area (Å²) in [5.74, 6) is 0.937. The van der Waals surface area contributed by atoms with Crippen LogP contribution in [-0.4, -0.2) is 49.5 Å². The van der Waals surface area contributed by atoms with Gasteiger partial charge in [-0.15, -0.1) is 11.3 Å². The fourth-order valence-corrected chi connectivity index (χ4v) is 6.13. The first-order valence-corrected chi connectivity index (χ1v) is 13.3. The predicted octanol–water partition coefficient (Wildman–Crippen LogP) is 6.11. The molecule has 3 saturated heterocycles. The smallest absolute Gasteiger partial charge is 0.415 e. The van der Waals surface area contributed by atoms with Gasteiger partial charge in [-0.1, -0.05) is 30.3 Å². The van der Waals surface area contributed by atoms with Gasteiger partial charge in [0.05, 0.1) is 38.5 Å². The van der Waals surface area contributed by atoms with Crippen molar-refractivity contribution >= 4 is 23.1 Å². The number of nitrogens with zero attached hydrogens (tertiary/aromatic N) is 2. The number of piperidine rings is 3. The van der Waals surface area contributed by atoms with Crippen molar-refractivity contribution in [2.45, 2.75) is 31.9 Å². The molecule has 4 heterocycles. The summed E-state index contributed by atoms with van der Waals surface area (Å²) in [6.45, 7) is 5.19. The van der Waals surface area contributed by atoms with E-state index in [9.17, 15) is 9.18 Å². The molecule has 7 heteroatoms. The Hall–Kier alpha value is -2.90. The Morgan fingerprint density at radius 3 is 2.63 bits per heavy atom. The molecule has 0 saturated carbocycles. The number of thiophene rings is 1. The van der Waals surface area contributed by atoms with E-state index in [1.54, 1.807) is 28.4 Å². The van der Waals surface area contributed by atoms with Crippen LogP contribution in [0.1, 0.15) is 24.1 Å². The molecule has 184 valence electrons. The van der Waals surface area contributed by atoms with Gasteiger partial charge in [0.25, 0.3) is 0 Å². The third kappa shape index (κ3) is 5.85. The third-order valence-corrected chi connectivity index (χ3v) is 8.18. The highest BCUT2D eigenvalue weighted by atomic mass is 32.1. The largest absolute Gasteiger partial charge is 0.493 e. The number of anilines is 1. The molecule has 3 aliphatic heterocycles. The second-order valence-corrected chi connectivity index (χ2v) is 10.6. The maximum absolute atomic E-state index is 14.0. The number of carbonyl (C=O) groups excluding carboxylic acids is 1. The van der Waals surface area contributed by atoms with Crippen molar-refractivity contribution in [2.24, 2.45) is 5.92 Å². The van der Waals surface area contributed by atoms with Crippen LogP contribution in [0, 0.1) is 11.7 Å². The molecule has 5 nitrogen and oxygen atoms in total. The van der Waals surface area contributed by atoms with Crippen molar-refractivity contribution in [1.82, 2.24) is 0 Å². The second kappa shape index (κ2) is 10.8. The van der Waals surface area contributed by atoms with E-state index in [2.05, 4.69) is 0 Å². The zero-order valence-electron chi connectivity index (χ0n) is 19.9. The predicted molar refractivity (Wildman–Crippen MR) is 136 cm³/mol. The lowest BCUT2D eigenvalue weighted by Crippen LogP contribution is -2.65. The molecule has 1 aromatic heterocycles. The van der Waals surface area contributed by atoms with Crippen LogP contribution in [0.3, 0.4) is 0 Å². The number of benzene rings is 2. The Morgan fingerprint density at radius 2 is 1.89 bits per heavy atom. The summed E-state index contributed by atoms with van der Waals surface area (Å²) in [6.07, 6.45) is 2.60. The van der Waals surface area contributed by atoms with Crippen molar-refractivity contribution in [3.05, 3.63) is 82.8 Å². The van der Waals surface area contributed by atoms with Gasteiger partial charge in [0.15, 0.2) is 6.10 Å². The minimum Gasteiger partial charge on any atom is -0.493 e. The number of hydrogen-bond donors (Lipinski definition) is 0. The molecule has 35 heavy (non-hydrogen) atoms. The zero-order chi connectivity index (χ0) is 24.1. The molecule has 2 bridgehead atoms. The van der Waals surface area contributed by atoms with Crippen molar-refractivity contribution in [3.8, 4) is 5.75 Å². The summed E-state index contributed by atoms with van der Waals surface area (Å²) >= 11 is 1.58. The van der Waals surface area contributed by atoms with Crippen molar-refractivity contribution in [3.63, 3.8) is 0 Å². The van der Waals surface area contributed by atoms with Gasteiger partial charge < -0.3 is 14.0 Å². The third-order valence-electron chi connectivity index (χ3n) is 7.32. The Labute approximate surface area is 210 Å². The van der Waals surface area contributed by atoms with E-state index >= 15 is 0 Å². The van der Waals surface area contributed by atoms with Gasteiger partial charge in [-0.3, -0.25) is 4.90 Å². The molecule has 3 aliphatic rings. The number of rotatable bonds is 9. The zero-order valence-corrected chi connectivity index (χ0v) is 20.7. The SMILES string of the molecule is O=C(O[C@H]1C[N+]2(CCCOc3ccccc3)CCC1CC2)N(Cc1cccs1)c1cccc(F)c1. The normalized spacial score (nSPS) is 23.1. The molecule has 1 amide bonds. The van der Waals surface area contributed by atoms with Crippen LogP contribution in [0.2, 0.25) is 0 Å². The van der Waals surface area contributed by atoms with Gasteiger partial charge in [0.2, 0.25) is 0 Å². The fourth-order valence-electron chi connectivity index (χ4n) is 5.43. The number of carbonyl (C=O) groups is 1. The van der Waals surface area contributed by atoms with Crippen LogP contribution in [-0.2, 0) is 11.3 Å². The minimum absolute atomic E-state index is 0.112. The molecule has 6 rings (SSSR count). The highest BCUT2D eigenvalue weighted by Gasteiger charge is 2.47. The standard InChI is InChI=1S/C28H32FN2O3S/c29-23-7-4-8-24(19-23)30(20-26-11-5-18-35-26)28(32)34-27-21-31(15-12-22(27)13-16-31)14-6-17-33-25-9-2-1-3-10-25/h1-5,7-11,18-19,22,27H,6,12-17,20-21H2/q+1/t22?,27-,31?/m0/s1. The van der Waals surface area contributed by atoms with Crippen LogP contribution >= 0.6 is 11.3 Å². The van der Waals surface area contributed by atoms with Crippen LogP contribution in [0.15, 0.2) is 72.1 Å². The van der Waals surface area contributed by atoms with Gasteiger partial charge in [-0.2, -0.15) is 0 Å². The first-order chi connectivity index (χ1) is 17.1. The highest BCUT2D eigenvalue weighted by molar-refractivity contribution is 7.09. The van der Waals surface area contributed by atoms with E-state index in [0.717, 1.165) is 60.6 Å². The van der Waals surface area contributed by atoms with Crippen LogP contribution in [0.25, 0.3) is 0 Å². The van der Waals surface area contributed by atoms with Gasteiger partial charge in [0.1, 0.15) is 18.1 Å². The Bertz CT molecular complexity index is 1100. The second-order valence-electron chi connectivity index (χ2n) is 9.62. The van der Waals surface area contributed by atoms with E-state index in [1.807, 2.05) is 47.8 Å². The molecule has 0 spiro atoms. The number of para-hydroxylation sites is 1. The lowest BCUT2D eigenvalue weighted by atomic mass is 9.83. The van der Waals surface area contributed by atoms with Crippen LogP contribution in [0.5, 0.6) is 5.75 Å². The number of halogens is 1. The van der Waals surface area contributed by atoms with E-state index in [1.165, 1.54) is 12.1 Å². The number of amides is 1. The van der Waals surface area contributed by atoms with Crippen molar-refractivity contribution in [2.75, 3.05) is 37.7 Å². The minimum atomic E-state index is -0.395. The van der Waals surface area contributed by atoms with Gasteiger partial charge in [-0.25, -0.2) is 9.18 Å². The summed E-state index contributed by atoms with van der Waals surface area (Å²) in [5, 5.41) is 1.98. The average molecular weight is 496 g/mol. The maximum Gasteiger partial charge on any atom is 0.415 e. The summed E-state index contributed by atoms with van der Waals surface area (Å²) in [7, 11) is 0. The molecule has 2 aromatic carbocycles.